The molecule has 5 nitrogen and oxygen atoms in total. The molecule has 0 spiro atoms. The molecule has 0 amide bonds. The first-order valence-electron chi connectivity index (χ1n) is 4.39. The minimum atomic E-state index is -1.35. The van der Waals surface area contributed by atoms with Gasteiger partial charge in [0.2, 0.25) is 0 Å². The van der Waals surface area contributed by atoms with Gasteiger partial charge in [0, 0.05) is 6.61 Å². The summed E-state index contributed by atoms with van der Waals surface area (Å²) in [6.45, 7) is -0.0700. The maximum atomic E-state index is 8.83. The first-order chi connectivity index (χ1) is 6.06. The van der Waals surface area contributed by atoms with Gasteiger partial charge >= 0.3 is 0 Å². The Morgan fingerprint density at radius 2 is 1.08 bits per heavy atom. The average molecular weight is 194 g/mol. The van der Waals surface area contributed by atoms with E-state index in [4.69, 9.17) is 25.5 Å². The van der Waals surface area contributed by atoms with Crippen molar-refractivity contribution in [1.82, 2.24) is 0 Å². The van der Waals surface area contributed by atoms with Crippen LogP contribution in [0.15, 0.2) is 0 Å². The van der Waals surface area contributed by atoms with E-state index in [2.05, 4.69) is 0 Å². The maximum absolute atomic E-state index is 8.83. The Kier molecular flexibility index (Phi) is 7.12. The fourth-order valence-electron chi connectivity index (χ4n) is 1.10. The first kappa shape index (κ1) is 12.8. The Hall–Kier alpha value is -0.200. The summed E-state index contributed by atoms with van der Waals surface area (Å²) in [7, 11) is 0. The molecule has 0 atom stereocenters. The van der Waals surface area contributed by atoms with Gasteiger partial charge in [0.25, 0.3) is 0 Å². The maximum Gasteiger partial charge on any atom is 0.151 e. The van der Waals surface area contributed by atoms with Gasteiger partial charge in [-0.3, -0.25) is 0 Å². The van der Waals surface area contributed by atoms with Crippen LogP contribution in [0.4, 0.5) is 0 Å². The summed E-state index contributed by atoms with van der Waals surface area (Å²) in [6.07, 6.45) is -1.36. The van der Waals surface area contributed by atoms with Crippen LogP contribution in [0.25, 0.3) is 0 Å². The highest BCUT2D eigenvalue weighted by atomic mass is 16.5. The molecule has 0 aliphatic rings. The standard InChI is InChI=1S/C8H18O5/c9-5-6(1-3-7(10)11)2-4-8(12)13/h6-13H,1-5H2. The molecule has 0 unspecified atom stereocenters. The molecule has 0 bridgehead atoms. The average Bonchev–Trinajstić information content (AvgIpc) is 2.04. The van der Waals surface area contributed by atoms with Crippen molar-refractivity contribution in [3.05, 3.63) is 0 Å². The van der Waals surface area contributed by atoms with Gasteiger partial charge in [-0.2, -0.15) is 0 Å². The smallest absolute Gasteiger partial charge is 0.151 e. The first-order valence-corrected chi connectivity index (χ1v) is 4.39. The minimum Gasteiger partial charge on any atom is -0.396 e. The van der Waals surface area contributed by atoms with Gasteiger partial charge in [0.15, 0.2) is 12.6 Å². The molecule has 0 heterocycles. The lowest BCUT2D eigenvalue weighted by Gasteiger charge is -2.14. The van der Waals surface area contributed by atoms with Crippen LogP contribution in [-0.2, 0) is 0 Å². The Morgan fingerprint density at radius 1 is 0.692 bits per heavy atom. The summed E-state index contributed by atoms with van der Waals surface area (Å²) in [6, 6.07) is 0. The SMILES string of the molecule is OCC(CCC(O)O)CCC(O)O. The third-order valence-corrected chi connectivity index (χ3v) is 1.92. The second-order valence-corrected chi connectivity index (χ2v) is 3.16. The van der Waals surface area contributed by atoms with Crippen molar-refractivity contribution in [2.75, 3.05) is 6.61 Å². The van der Waals surface area contributed by atoms with Gasteiger partial charge in [-0.05, 0) is 31.6 Å². The number of hydrogen-bond acceptors (Lipinski definition) is 5. The minimum absolute atomic E-state index is 0.0700. The topological polar surface area (TPSA) is 101 Å². The van der Waals surface area contributed by atoms with E-state index in [1.54, 1.807) is 0 Å². The highest BCUT2D eigenvalue weighted by Crippen LogP contribution is 2.14. The molecule has 0 aromatic rings. The molecule has 0 saturated heterocycles. The second-order valence-electron chi connectivity index (χ2n) is 3.16. The molecule has 5 N–H and O–H groups in total. The van der Waals surface area contributed by atoms with Gasteiger partial charge in [0.1, 0.15) is 0 Å². The van der Waals surface area contributed by atoms with E-state index in [0.29, 0.717) is 12.8 Å². The molecule has 0 saturated carbocycles. The van der Waals surface area contributed by atoms with E-state index in [-0.39, 0.29) is 25.4 Å². The van der Waals surface area contributed by atoms with Gasteiger partial charge in [-0.15, -0.1) is 0 Å². The summed E-state index contributed by atoms with van der Waals surface area (Å²) in [5.41, 5.74) is 0. The van der Waals surface area contributed by atoms with Crippen molar-refractivity contribution in [2.45, 2.75) is 38.3 Å². The van der Waals surface area contributed by atoms with E-state index in [0.717, 1.165) is 0 Å². The van der Waals surface area contributed by atoms with Crippen LogP contribution in [0.2, 0.25) is 0 Å². The predicted molar refractivity (Wildman–Crippen MR) is 45.5 cm³/mol. The zero-order valence-electron chi connectivity index (χ0n) is 7.50. The van der Waals surface area contributed by atoms with Crippen LogP contribution < -0.4 is 0 Å². The summed E-state index contributed by atoms with van der Waals surface area (Å²) in [5, 5.41) is 43.0. The molecule has 5 heteroatoms. The Balaban J connectivity index is 3.51. The molecule has 0 aliphatic carbocycles. The molecule has 0 aromatic heterocycles. The Morgan fingerprint density at radius 3 is 1.31 bits per heavy atom. The van der Waals surface area contributed by atoms with Crippen LogP contribution in [0, 0.1) is 5.92 Å². The summed E-state index contributed by atoms with van der Waals surface area (Å²) in [5.74, 6) is -0.0939. The van der Waals surface area contributed by atoms with Gasteiger partial charge in [-0.25, -0.2) is 0 Å². The monoisotopic (exact) mass is 194 g/mol. The summed E-state index contributed by atoms with van der Waals surface area (Å²) >= 11 is 0. The third-order valence-electron chi connectivity index (χ3n) is 1.92. The molecule has 13 heavy (non-hydrogen) atoms. The van der Waals surface area contributed by atoms with Crippen LogP contribution in [0.3, 0.4) is 0 Å². The lowest BCUT2D eigenvalue weighted by atomic mass is 9.98. The lowest BCUT2D eigenvalue weighted by molar-refractivity contribution is -0.0577. The van der Waals surface area contributed by atoms with Crippen LogP contribution in [0.5, 0.6) is 0 Å². The van der Waals surface area contributed by atoms with Crippen LogP contribution in [0.1, 0.15) is 25.7 Å². The van der Waals surface area contributed by atoms with Crippen molar-refractivity contribution in [3.8, 4) is 0 Å². The summed E-state index contributed by atoms with van der Waals surface area (Å²) < 4.78 is 0. The highest BCUT2D eigenvalue weighted by Gasteiger charge is 2.11. The Labute approximate surface area is 77.3 Å². The fraction of sp³-hybridized carbons (Fsp3) is 1.00. The molecule has 0 aromatic carbocycles. The van der Waals surface area contributed by atoms with E-state index in [1.807, 2.05) is 0 Å². The highest BCUT2D eigenvalue weighted by molar-refractivity contribution is 4.59. The second kappa shape index (κ2) is 7.23. The zero-order chi connectivity index (χ0) is 10.3. The normalized spacial score (nSPS) is 12.0. The number of aliphatic hydroxyl groups excluding tert-OH is 3. The van der Waals surface area contributed by atoms with Crippen molar-refractivity contribution < 1.29 is 25.5 Å². The lowest BCUT2D eigenvalue weighted by Crippen LogP contribution is -2.14. The molecular formula is C8H18O5. The fourth-order valence-corrected chi connectivity index (χ4v) is 1.10. The number of aliphatic hydroxyl groups is 5. The van der Waals surface area contributed by atoms with Gasteiger partial charge in [0.05, 0.1) is 0 Å². The predicted octanol–water partition coefficient (Wildman–Crippen LogP) is -1.22. The van der Waals surface area contributed by atoms with Gasteiger partial charge < -0.3 is 25.5 Å². The molecule has 0 fully saturated rings. The van der Waals surface area contributed by atoms with E-state index >= 15 is 0 Å². The van der Waals surface area contributed by atoms with Crippen molar-refractivity contribution in [2.24, 2.45) is 5.92 Å². The summed E-state index contributed by atoms with van der Waals surface area (Å²) in [4.78, 5) is 0. The van der Waals surface area contributed by atoms with Crippen molar-refractivity contribution in [1.29, 1.82) is 0 Å². The van der Waals surface area contributed by atoms with E-state index in [1.165, 1.54) is 0 Å². The molecule has 80 valence electrons. The largest absolute Gasteiger partial charge is 0.396 e. The van der Waals surface area contributed by atoms with Crippen LogP contribution in [-0.4, -0.2) is 44.7 Å². The van der Waals surface area contributed by atoms with E-state index in [9.17, 15) is 0 Å². The zero-order valence-corrected chi connectivity index (χ0v) is 7.50. The van der Waals surface area contributed by atoms with Crippen molar-refractivity contribution >= 4 is 0 Å². The van der Waals surface area contributed by atoms with Gasteiger partial charge in [-0.1, -0.05) is 0 Å². The van der Waals surface area contributed by atoms with E-state index < -0.39 is 12.6 Å². The molecule has 0 rings (SSSR count). The quantitative estimate of drug-likeness (QED) is 0.327. The van der Waals surface area contributed by atoms with Crippen molar-refractivity contribution in [3.63, 3.8) is 0 Å². The molecule has 0 radical (unpaired) electrons. The van der Waals surface area contributed by atoms with Crippen LogP contribution >= 0.6 is 0 Å². The molecule has 0 aliphatic heterocycles. The number of hydrogen-bond donors (Lipinski definition) is 5. The number of rotatable bonds is 7. The Bertz CT molecular complexity index is 103. The third kappa shape index (κ3) is 8.14. The molecular weight excluding hydrogens is 176 g/mol.